The molecule has 0 saturated heterocycles. The van der Waals surface area contributed by atoms with Crippen molar-refractivity contribution in [3.05, 3.63) is 26.6 Å². The molecule has 0 amide bonds. The highest BCUT2D eigenvalue weighted by Gasteiger charge is 2.05. The average Bonchev–Trinajstić information content (AvgIpc) is 2.25. The summed E-state index contributed by atoms with van der Waals surface area (Å²) in [7, 11) is 0. The van der Waals surface area contributed by atoms with Gasteiger partial charge >= 0.3 is 0 Å². The minimum Gasteiger partial charge on any atom is -0.506 e. The van der Waals surface area contributed by atoms with Crippen molar-refractivity contribution in [1.82, 2.24) is 10.7 Å². The molecule has 0 aromatic heterocycles. The van der Waals surface area contributed by atoms with Crippen LogP contribution in [0.4, 0.5) is 0 Å². The standard InChI is InChI=1S/C10H11Br2N3OS/c1-2-13-10(17)15-14-5-6-3-7(11)4-8(12)9(6)16/h3-5,16H,2H2,1H3,(H2,13,15,17)/b14-5-. The van der Waals surface area contributed by atoms with Crippen LogP contribution < -0.4 is 10.7 Å². The fraction of sp³-hybridized carbons (Fsp3) is 0.200. The molecule has 0 atom stereocenters. The molecule has 0 radical (unpaired) electrons. The average molecular weight is 381 g/mol. The zero-order valence-corrected chi connectivity index (χ0v) is 13.0. The van der Waals surface area contributed by atoms with Crippen LogP contribution in [0, 0.1) is 0 Å². The number of hydrogen-bond donors (Lipinski definition) is 3. The Bertz CT molecular complexity index is 451. The molecule has 0 aliphatic rings. The highest BCUT2D eigenvalue weighted by Crippen LogP contribution is 2.30. The predicted molar refractivity (Wildman–Crippen MR) is 80.5 cm³/mol. The van der Waals surface area contributed by atoms with Gasteiger partial charge in [0.2, 0.25) is 0 Å². The van der Waals surface area contributed by atoms with Gasteiger partial charge in [-0.25, -0.2) is 0 Å². The van der Waals surface area contributed by atoms with Crippen LogP contribution in [0.15, 0.2) is 26.2 Å². The van der Waals surface area contributed by atoms with Gasteiger partial charge in [0.25, 0.3) is 0 Å². The van der Waals surface area contributed by atoms with E-state index in [-0.39, 0.29) is 5.75 Å². The summed E-state index contributed by atoms with van der Waals surface area (Å²) < 4.78 is 1.44. The molecule has 0 spiro atoms. The number of phenolic OH excluding ortho intramolecular Hbond substituents is 1. The predicted octanol–water partition coefficient (Wildman–Crippen LogP) is 2.74. The molecule has 0 aliphatic heterocycles. The van der Waals surface area contributed by atoms with Gasteiger partial charge in [-0.05, 0) is 47.2 Å². The molecule has 4 nitrogen and oxygen atoms in total. The summed E-state index contributed by atoms with van der Waals surface area (Å²) in [5, 5.41) is 17.0. The van der Waals surface area contributed by atoms with E-state index >= 15 is 0 Å². The summed E-state index contributed by atoms with van der Waals surface area (Å²) in [5.41, 5.74) is 3.23. The second-order valence-electron chi connectivity index (χ2n) is 3.05. The van der Waals surface area contributed by atoms with Crippen molar-refractivity contribution in [1.29, 1.82) is 0 Å². The zero-order chi connectivity index (χ0) is 12.8. The van der Waals surface area contributed by atoms with Crippen LogP contribution in [0.2, 0.25) is 0 Å². The van der Waals surface area contributed by atoms with Crippen molar-refractivity contribution in [3.8, 4) is 5.75 Å². The normalized spacial score (nSPS) is 10.5. The molecule has 92 valence electrons. The lowest BCUT2D eigenvalue weighted by Gasteiger charge is -2.04. The first-order valence-corrected chi connectivity index (χ1v) is 6.79. The minimum absolute atomic E-state index is 0.133. The smallest absolute Gasteiger partial charge is 0.186 e. The number of nitrogens with zero attached hydrogens (tertiary/aromatic N) is 1. The Kier molecular flexibility index (Phi) is 5.87. The number of nitrogens with one attached hydrogen (secondary N) is 2. The van der Waals surface area contributed by atoms with Crippen LogP contribution in [0.25, 0.3) is 0 Å². The van der Waals surface area contributed by atoms with Crippen molar-refractivity contribution in [2.24, 2.45) is 5.10 Å². The van der Waals surface area contributed by atoms with Crippen LogP contribution in [-0.4, -0.2) is 23.0 Å². The number of aromatic hydroxyl groups is 1. The van der Waals surface area contributed by atoms with Crippen molar-refractivity contribution in [2.75, 3.05) is 6.54 Å². The summed E-state index contributed by atoms with van der Waals surface area (Å²) in [6.07, 6.45) is 1.49. The molecule has 3 N–H and O–H groups in total. The Morgan fingerprint density at radius 2 is 2.24 bits per heavy atom. The minimum atomic E-state index is 0.133. The maximum absolute atomic E-state index is 9.76. The summed E-state index contributed by atoms with van der Waals surface area (Å²) in [4.78, 5) is 0. The largest absolute Gasteiger partial charge is 0.506 e. The molecule has 0 fully saturated rings. The molecule has 0 bridgehead atoms. The summed E-state index contributed by atoms with van der Waals surface area (Å²) in [5.74, 6) is 0.133. The molecular weight excluding hydrogens is 370 g/mol. The quantitative estimate of drug-likeness (QED) is 0.428. The third kappa shape index (κ3) is 4.61. The fourth-order valence-corrected chi connectivity index (χ4v) is 2.50. The van der Waals surface area contributed by atoms with Gasteiger partial charge in [0.1, 0.15) is 5.75 Å². The van der Waals surface area contributed by atoms with Gasteiger partial charge in [0.15, 0.2) is 5.11 Å². The molecule has 1 aromatic carbocycles. The fourth-order valence-electron chi connectivity index (χ4n) is 1.04. The van der Waals surface area contributed by atoms with E-state index < -0.39 is 0 Å². The second kappa shape index (κ2) is 6.93. The van der Waals surface area contributed by atoms with Crippen LogP contribution in [0.1, 0.15) is 12.5 Å². The van der Waals surface area contributed by atoms with Gasteiger partial charge in [-0.1, -0.05) is 15.9 Å². The molecule has 0 saturated carbocycles. The van der Waals surface area contributed by atoms with Crippen LogP contribution in [0.3, 0.4) is 0 Å². The Morgan fingerprint density at radius 1 is 1.53 bits per heavy atom. The summed E-state index contributed by atoms with van der Waals surface area (Å²) in [6, 6.07) is 3.50. The molecule has 0 unspecified atom stereocenters. The molecule has 17 heavy (non-hydrogen) atoms. The first kappa shape index (κ1) is 14.4. The van der Waals surface area contributed by atoms with Crippen molar-refractivity contribution < 1.29 is 5.11 Å². The second-order valence-corrected chi connectivity index (χ2v) is 5.23. The third-order valence-corrected chi connectivity index (χ3v) is 3.06. The Morgan fingerprint density at radius 3 is 2.88 bits per heavy atom. The van der Waals surface area contributed by atoms with Crippen LogP contribution >= 0.6 is 44.1 Å². The van der Waals surface area contributed by atoms with E-state index in [0.29, 0.717) is 15.1 Å². The molecule has 0 aliphatic carbocycles. The van der Waals surface area contributed by atoms with Gasteiger partial charge in [-0.15, -0.1) is 0 Å². The number of thiocarbonyl (C=S) groups is 1. The lowest BCUT2D eigenvalue weighted by Crippen LogP contribution is -2.31. The van der Waals surface area contributed by atoms with Gasteiger partial charge < -0.3 is 10.4 Å². The number of rotatable bonds is 3. The molecule has 7 heteroatoms. The van der Waals surface area contributed by atoms with Gasteiger partial charge in [0, 0.05) is 16.6 Å². The molecule has 0 heterocycles. The highest BCUT2D eigenvalue weighted by atomic mass is 79.9. The number of halogens is 2. The van der Waals surface area contributed by atoms with Crippen LogP contribution in [-0.2, 0) is 0 Å². The first-order chi connectivity index (χ1) is 8.04. The number of hydrazone groups is 1. The summed E-state index contributed by atoms with van der Waals surface area (Å²) >= 11 is 11.5. The first-order valence-electron chi connectivity index (χ1n) is 4.79. The number of hydrogen-bond acceptors (Lipinski definition) is 3. The lowest BCUT2D eigenvalue weighted by molar-refractivity contribution is 0.471. The molecule has 1 rings (SSSR count). The lowest BCUT2D eigenvalue weighted by atomic mass is 10.2. The van der Waals surface area contributed by atoms with Crippen molar-refractivity contribution in [2.45, 2.75) is 6.92 Å². The Labute approximate surface area is 122 Å². The number of benzene rings is 1. The van der Waals surface area contributed by atoms with Crippen molar-refractivity contribution in [3.63, 3.8) is 0 Å². The van der Waals surface area contributed by atoms with E-state index in [1.165, 1.54) is 6.21 Å². The maximum Gasteiger partial charge on any atom is 0.186 e. The summed E-state index contributed by atoms with van der Waals surface area (Å²) in [6.45, 7) is 2.67. The topological polar surface area (TPSA) is 56.7 Å². The van der Waals surface area contributed by atoms with E-state index in [0.717, 1.165) is 11.0 Å². The SMILES string of the molecule is CCNC(=S)N/N=C\c1cc(Br)cc(Br)c1O. The van der Waals surface area contributed by atoms with Gasteiger partial charge in [-0.3, -0.25) is 5.43 Å². The van der Waals surface area contributed by atoms with E-state index in [2.05, 4.69) is 47.7 Å². The van der Waals surface area contributed by atoms with E-state index in [1.807, 2.05) is 6.92 Å². The molecular formula is C10H11Br2N3OS. The maximum atomic E-state index is 9.76. The van der Waals surface area contributed by atoms with E-state index in [4.69, 9.17) is 12.2 Å². The highest BCUT2D eigenvalue weighted by molar-refractivity contribution is 9.11. The van der Waals surface area contributed by atoms with Crippen molar-refractivity contribution >= 4 is 55.4 Å². The zero-order valence-electron chi connectivity index (χ0n) is 9.00. The monoisotopic (exact) mass is 379 g/mol. The molecule has 1 aromatic rings. The third-order valence-electron chi connectivity index (χ3n) is 1.76. The Balaban J connectivity index is 2.74. The van der Waals surface area contributed by atoms with E-state index in [1.54, 1.807) is 12.1 Å². The van der Waals surface area contributed by atoms with Gasteiger partial charge in [-0.2, -0.15) is 5.10 Å². The van der Waals surface area contributed by atoms with Gasteiger partial charge in [0.05, 0.1) is 10.7 Å². The van der Waals surface area contributed by atoms with E-state index in [9.17, 15) is 5.11 Å². The number of phenols is 1. The van der Waals surface area contributed by atoms with Crippen LogP contribution in [0.5, 0.6) is 5.75 Å². The Hall–Kier alpha value is -0.660.